The average Bonchev–Trinajstić information content (AvgIpc) is 2.28. The summed E-state index contributed by atoms with van der Waals surface area (Å²) in [5.74, 6) is -0.457. The summed E-state index contributed by atoms with van der Waals surface area (Å²) in [5.41, 5.74) is 0. The molecule has 0 saturated carbocycles. The van der Waals surface area contributed by atoms with Crippen molar-refractivity contribution < 1.29 is 19.1 Å². The molecule has 0 spiro atoms. The van der Waals surface area contributed by atoms with E-state index >= 15 is 0 Å². The van der Waals surface area contributed by atoms with Crippen LogP contribution in [0.1, 0.15) is 26.2 Å². The van der Waals surface area contributed by atoms with Crippen molar-refractivity contribution in [1.29, 1.82) is 0 Å². The van der Waals surface area contributed by atoms with Crippen molar-refractivity contribution >= 4 is 11.9 Å². The van der Waals surface area contributed by atoms with Crippen molar-refractivity contribution in [3.8, 4) is 0 Å². The Bertz CT molecular complexity index is 218. The molecule has 0 aromatic heterocycles. The van der Waals surface area contributed by atoms with Crippen molar-refractivity contribution in [2.45, 2.75) is 26.2 Å². The van der Waals surface area contributed by atoms with E-state index in [1.54, 1.807) is 0 Å². The topological polar surface area (TPSA) is 55.8 Å². The number of esters is 2. The van der Waals surface area contributed by atoms with Gasteiger partial charge in [-0.3, -0.25) is 14.5 Å². The van der Waals surface area contributed by atoms with Crippen LogP contribution in [0.5, 0.6) is 0 Å². The Hall–Kier alpha value is -1.10. The third kappa shape index (κ3) is 7.23. The molecule has 5 heteroatoms. The highest BCUT2D eigenvalue weighted by Gasteiger charge is 2.10. The van der Waals surface area contributed by atoms with Crippen LogP contribution in [0.4, 0.5) is 0 Å². The minimum Gasteiger partial charge on any atom is -0.469 e. The molecule has 0 saturated heterocycles. The summed E-state index contributed by atoms with van der Waals surface area (Å²) >= 11 is 0. The quantitative estimate of drug-likeness (QED) is 0.579. The Labute approximate surface area is 96.7 Å². The lowest BCUT2D eigenvalue weighted by Crippen LogP contribution is -2.32. The molecule has 0 N–H and O–H groups in total. The van der Waals surface area contributed by atoms with Gasteiger partial charge in [0.25, 0.3) is 0 Å². The van der Waals surface area contributed by atoms with Gasteiger partial charge < -0.3 is 9.47 Å². The van der Waals surface area contributed by atoms with Gasteiger partial charge in [0.05, 0.1) is 20.8 Å². The molecule has 0 aliphatic heterocycles. The van der Waals surface area contributed by atoms with Gasteiger partial charge in [-0.15, -0.1) is 0 Å². The molecule has 0 fully saturated rings. The van der Waals surface area contributed by atoms with Gasteiger partial charge >= 0.3 is 11.9 Å². The van der Waals surface area contributed by atoms with Gasteiger partial charge in [0.15, 0.2) is 0 Å². The Kier molecular flexibility index (Phi) is 8.52. The Morgan fingerprint density at radius 3 is 2.19 bits per heavy atom. The molecular weight excluding hydrogens is 210 g/mol. The number of hydrogen-bond acceptors (Lipinski definition) is 5. The monoisotopic (exact) mass is 231 g/mol. The fourth-order valence-electron chi connectivity index (χ4n) is 1.38. The molecule has 0 aromatic carbocycles. The maximum atomic E-state index is 11.1. The first-order valence-electron chi connectivity index (χ1n) is 5.50. The second kappa shape index (κ2) is 9.15. The standard InChI is InChI=1S/C11H21NO4/c1-4-7-12(9-11(14)16-3)8-5-6-10(13)15-2/h4-9H2,1-3H3. The molecule has 0 bridgehead atoms. The summed E-state index contributed by atoms with van der Waals surface area (Å²) in [4.78, 5) is 24.0. The minimum absolute atomic E-state index is 0.213. The van der Waals surface area contributed by atoms with Crippen LogP contribution in [0, 0.1) is 0 Å². The number of methoxy groups -OCH3 is 2. The van der Waals surface area contributed by atoms with Gasteiger partial charge in [-0.1, -0.05) is 6.92 Å². The van der Waals surface area contributed by atoms with Crippen LogP contribution in [0.15, 0.2) is 0 Å². The van der Waals surface area contributed by atoms with E-state index in [9.17, 15) is 9.59 Å². The van der Waals surface area contributed by atoms with E-state index in [1.807, 2.05) is 11.8 Å². The van der Waals surface area contributed by atoms with Crippen molar-refractivity contribution in [2.75, 3.05) is 33.9 Å². The Morgan fingerprint density at radius 1 is 1.06 bits per heavy atom. The maximum absolute atomic E-state index is 11.1. The number of carbonyl (C=O) groups is 2. The van der Waals surface area contributed by atoms with Gasteiger partial charge in [0, 0.05) is 6.42 Å². The summed E-state index contributed by atoms with van der Waals surface area (Å²) in [5, 5.41) is 0. The molecule has 0 unspecified atom stereocenters. The molecule has 0 aromatic rings. The molecule has 0 heterocycles. The Morgan fingerprint density at radius 2 is 1.69 bits per heavy atom. The zero-order chi connectivity index (χ0) is 12.4. The van der Waals surface area contributed by atoms with Gasteiger partial charge in [0.1, 0.15) is 0 Å². The third-order valence-corrected chi connectivity index (χ3v) is 2.20. The molecule has 0 aliphatic carbocycles. The summed E-state index contributed by atoms with van der Waals surface area (Å²) in [6.07, 6.45) is 2.05. The van der Waals surface area contributed by atoms with Gasteiger partial charge in [-0.05, 0) is 25.9 Å². The van der Waals surface area contributed by atoms with Crippen LogP contribution in [0.2, 0.25) is 0 Å². The molecule has 16 heavy (non-hydrogen) atoms. The van der Waals surface area contributed by atoms with Crippen LogP contribution in [0.3, 0.4) is 0 Å². The summed E-state index contributed by atoms with van der Waals surface area (Å²) in [6, 6.07) is 0. The fraction of sp³-hybridized carbons (Fsp3) is 0.818. The maximum Gasteiger partial charge on any atom is 0.319 e. The van der Waals surface area contributed by atoms with Crippen LogP contribution in [0.25, 0.3) is 0 Å². The summed E-state index contributed by atoms with van der Waals surface area (Å²) in [7, 11) is 2.75. The number of nitrogens with zero attached hydrogens (tertiary/aromatic N) is 1. The minimum atomic E-state index is -0.244. The van der Waals surface area contributed by atoms with Crippen molar-refractivity contribution in [2.24, 2.45) is 0 Å². The highest BCUT2D eigenvalue weighted by atomic mass is 16.5. The Balaban J connectivity index is 3.84. The third-order valence-electron chi connectivity index (χ3n) is 2.20. The SMILES string of the molecule is CCCN(CCCC(=O)OC)CC(=O)OC. The number of hydrogen-bond donors (Lipinski definition) is 0. The zero-order valence-electron chi connectivity index (χ0n) is 10.3. The first-order valence-corrected chi connectivity index (χ1v) is 5.50. The molecule has 0 amide bonds. The van der Waals surface area contributed by atoms with E-state index in [0.717, 1.165) is 13.0 Å². The van der Waals surface area contributed by atoms with Crippen molar-refractivity contribution in [3.05, 3.63) is 0 Å². The van der Waals surface area contributed by atoms with Crippen LogP contribution < -0.4 is 0 Å². The van der Waals surface area contributed by atoms with E-state index in [4.69, 9.17) is 0 Å². The van der Waals surface area contributed by atoms with E-state index in [1.165, 1.54) is 14.2 Å². The number of rotatable bonds is 8. The highest BCUT2D eigenvalue weighted by Crippen LogP contribution is 1.99. The van der Waals surface area contributed by atoms with E-state index < -0.39 is 0 Å². The second-order valence-corrected chi connectivity index (χ2v) is 3.53. The molecule has 0 atom stereocenters. The summed E-state index contributed by atoms with van der Waals surface area (Å²) in [6.45, 7) is 3.87. The molecule has 0 radical (unpaired) electrons. The molecule has 94 valence electrons. The van der Waals surface area contributed by atoms with Gasteiger partial charge in [-0.25, -0.2) is 0 Å². The first kappa shape index (κ1) is 14.9. The number of carbonyl (C=O) groups excluding carboxylic acids is 2. The predicted molar refractivity (Wildman–Crippen MR) is 60.0 cm³/mol. The molecule has 0 rings (SSSR count). The van der Waals surface area contributed by atoms with E-state index in [-0.39, 0.29) is 18.5 Å². The van der Waals surface area contributed by atoms with E-state index in [0.29, 0.717) is 19.4 Å². The smallest absolute Gasteiger partial charge is 0.319 e. The average molecular weight is 231 g/mol. The molecule has 5 nitrogen and oxygen atoms in total. The van der Waals surface area contributed by atoms with Crippen LogP contribution in [-0.4, -0.2) is 50.7 Å². The molecular formula is C11H21NO4. The molecule has 0 aliphatic rings. The van der Waals surface area contributed by atoms with E-state index in [2.05, 4.69) is 9.47 Å². The normalized spacial score (nSPS) is 10.2. The predicted octanol–water partition coefficient (Wildman–Crippen LogP) is 0.825. The van der Waals surface area contributed by atoms with Crippen LogP contribution >= 0.6 is 0 Å². The number of ether oxygens (including phenoxy) is 2. The summed E-state index contributed by atoms with van der Waals surface area (Å²) < 4.78 is 9.15. The second-order valence-electron chi connectivity index (χ2n) is 3.53. The van der Waals surface area contributed by atoms with Crippen LogP contribution in [-0.2, 0) is 19.1 Å². The van der Waals surface area contributed by atoms with Crippen molar-refractivity contribution in [1.82, 2.24) is 4.90 Å². The zero-order valence-corrected chi connectivity index (χ0v) is 10.3. The van der Waals surface area contributed by atoms with Crippen molar-refractivity contribution in [3.63, 3.8) is 0 Å². The van der Waals surface area contributed by atoms with Gasteiger partial charge in [0.2, 0.25) is 0 Å². The van der Waals surface area contributed by atoms with Gasteiger partial charge in [-0.2, -0.15) is 0 Å². The lowest BCUT2D eigenvalue weighted by atomic mass is 10.3. The highest BCUT2D eigenvalue weighted by molar-refractivity contribution is 5.71. The lowest BCUT2D eigenvalue weighted by Gasteiger charge is -2.19. The fourth-order valence-corrected chi connectivity index (χ4v) is 1.38. The lowest BCUT2D eigenvalue weighted by molar-refractivity contribution is -0.141. The largest absolute Gasteiger partial charge is 0.469 e. The first-order chi connectivity index (χ1) is 7.63.